The van der Waals surface area contributed by atoms with Crippen molar-refractivity contribution in [1.29, 1.82) is 0 Å². The fraction of sp³-hybridized carbons (Fsp3) is 0.429. The number of hydrogen-bond donors (Lipinski definition) is 1. The first-order valence-corrected chi connectivity index (χ1v) is 7.16. The molecule has 0 aliphatic carbocycles. The molecule has 0 aliphatic heterocycles. The Labute approximate surface area is 121 Å². The van der Waals surface area contributed by atoms with Crippen LogP contribution in [0.5, 0.6) is 0 Å². The zero-order valence-electron chi connectivity index (χ0n) is 11.4. The van der Waals surface area contributed by atoms with Crippen molar-refractivity contribution in [3.05, 3.63) is 33.6 Å². The normalized spacial score (nSPS) is 12.7. The van der Waals surface area contributed by atoms with E-state index in [1.165, 1.54) is 0 Å². The number of nitrogens with zero attached hydrogens (tertiary/aromatic N) is 2. The average molecular weight is 324 g/mol. The molecule has 0 aliphatic rings. The standard InChI is InChI=1S/C14H18BrN3O/c1-4-10(7-16)14-17-13(18-19-14)11-5-8(2)12(15)9(3)6-11/h5-6,10H,4,7,16H2,1-3H3. The van der Waals surface area contributed by atoms with Crippen LogP contribution in [0.15, 0.2) is 21.1 Å². The molecular weight excluding hydrogens is 306 g/mol. The molecular formula is C14H18BrN3O. The van der Waals surface area contributed by atoms with Gasteiger partial charge in [-0.3, -0.25) is 0 Å². The lowest BCUT2D eigenvalue weighted by Crippen LogP contribution is -2.11. The Balaban J connectivity index is 2.38. The van der Waals surface area contributed by atoms with Crippen LogP contribution in [0.2, 0.25) is 0 Å². The zero-order chi connectivity index (χ0) is 14.0. The molecule has 2 N–H and O–H groups in total. The molecule has 1 aromatic heterocycles. The summed E-state index contributed by atoms with van der Waals surface area (Å²) < 4.78 is 6.44. The molecule has 0 bridgehead atoms. The third-order valence-corrected chi connectivity index (χ3v) is 4.51. The lowest BCUT2D eigenvalue weighted by Gasteiger charge is -2.05. The second kappa shape index (κ2) is 5.84. The van der Waals surface area contributed by atoms with Crippen LogP contribution in [-0.4, -0.2) is 16.7 Å². The quantitative estimate of drug-likeness (QED) is 0.934. The Morgan fingerprint density at radius 2 is 1.95 bits per heavy atom. The molecule has 0 fully saturated rings. The summed E-state index contributed by atoms with van der Waals surface area (Å²) in [6.45, 7) is 6.69. The zero-order valence-corrected chi connectivity index (χ0v) is 13.0. The average Bonchev–Trinajstić information content (AvgIpc) is 2.86. The smallest absolute Gasteiger partial charge is 0.231 e. The maximum Gasteiger partial charge on any atom is 0.231 e. The SMILES string of the molecule is CCC(CN)c1nc(-c2cc(C)c(Br)c(C)c2)no1. The molecule has 5 heteroatoms. The molecule has 0 saturated carbocycles. The van der Waals surface area contributed by atoms with Crippen molar-refractivity contribution in [2.24, 2.45) is 5.73 Å². The predicted molar refractivity (Wildman–Crippen MR) is 79.0 cm³/mol. The maximum atomic E-state index is 5.70. The van der Waals surface area contributed by atoms with Crippen molar-refractivity contribution >= 4 is 15.9 Å². The number of aromatic nitrogens is 2. The molecule has 4 nitrogen and oxygen atoms in total. The van der Waals surface area contributed by atoms with Crippen molar-refractivity contribution in [3.63, 3.8) is 0 Å². The van der Waals surface area contributed by atoms with Crippen LogP contribution in [-0.2, 0) is 0 Å². The highest BCUT2D eigenvalue weighted by atomic mass is 79.9. The van der Waals surface area contributed by atoms with Gasteiger partial charge in [0.1, 0.15) is 0 Å². The summed E-state index contributed by atoms with van der Waals surface area (Å²) in [5.74, 6) is 1.39. The molecule has 19 heavy (non-hydrogen) atoms. The number of halogens is 1. The van der Waals surface area contributed by atoms with E-state index < -0.39 is 0 Å². The van der Waals surface area contributed by atoms with Crippen molar-refractivity contribution in [2.45, 2.75) is 33.1 Å². The molecule has 0 spiro atoms. The molecule has 1 aromatic carbocycles. The predicted octanol–water partition coefficient (Wildman–Crippen LogP) is 3.57. The van der Waals surface area contributed by atoms with Gasteiger partial charge in [0.25, 0.3) is 0 Å². The molecule has 2 aromatic rings. The van der Waals surface area contributed by atoms with Gasteiger partial charge in [0.15, 0.2) is 0 Å². The van der Waals surface area contributed by atoms with Crippen LogP contribution in [0.1, 0.15) is 36.3 Å². The summed E-state index contributed by atoms with van der Waals surface area (Å²) in [6, 6.07) is 4.10. The van der Waals surface area contributed by atoms with Gasteiger partial charge >= 0.3 is 0 Å². The van der Waals surface area contributed by atoms with E-state index in [9.17, 15) is 0 Å². The molecule has 0 radical (unpaired) electrons. The van der Waals surface area contributed by atoms with Crippen LogP contribution in [0.3, 0.4) is 0 Å². The Morgan fingerprint density at radius 3 is 2.47 bits per heavy atom. The third-order valence-electron chi connectivity index (χ3n) is 3.26. The second-order valence-electron chi connectivity index (χ2n) is 4.72. The molecule has 1 heterocycles. The van der Waals surface area contributed by atoms with Gasteiger partial charge in [-0.25, -0.2) is 0 Å². The lowest BCUT2D eigenvalue weighted by atomic mass is 10.1. The molecule has 102 valence electrons. The fourth-order valence-corrected chi connectivity index (χ4v) is 2.26. The molecule has 1 atom stereocenters. The topological polar surface area (TPSA) is 64.9 Å². The van der Waals surface area contributed by atoms with Crippen LogP contribution >= 0.6 is 15.9 Å². The number of benzene rings is 1. The number of hydrogen-bond acceptors (Lipinski definition) is 4. The van der Waals surface area contributed by atoms with E-state index in [4.69, 9.17) is 10.3 Å². The summed E-state index contributed by atoms with van der Waals surface area (Å²) in [4.78, 5) is 4.46. The van der Waals surface area contributed by atoms with Gasteiger partial charge in [-0.15, -0.1) is 0 Å². The first-order valence-electron chi connectivity index (χ1n) is 6.37. The Bertz CT molecular complexity index is 553. The van der Waals surface area contributed by atoms with Crippen molar-refractivity contribution < 1.29 is 4.52 Å². The third kappa shape index (κ3) is 2.87. The fourth-order valence-electron chi connectivity index (χ4n) is 2.04. The Morgan fingerprint density at radius 1 is 1.32 bits per heavy atom. The number of rotatable bonds is 4. The van der Waals surface area contributed by atoms with E-state index in [-0.39, 0.29) is 5.92 Å². The lowest BCUT2D eigenvalue weighted by molar-refractivity contribution is 0.351. The van der Waals surface area contributed by atoms with Gasteiger partial charge in [-0.05, 0) is 43.5 Å². The van der Waals surface area contributed by atoms with Gasteiger partial charge in [-0.1, -0.05) is 28.0 Å². The van der Waals surface area contributed by atoms with Crippen molar-refractivity contribution in [2.75, 3.05) is 6.54 Å². The molecule has 2 rings (SSSR count). The number of nitrogens with two attached hydrogens (primary N) is 1. The van der Waals surface area contributed by atoms with E-state index in [1.54, 1.807) is 0 Å². The van der Waals surface area contributed by atoms with Crippen LogP contribution in [0.25, 0.3) is 11.4 Å². The van der Waals surface area contributed by atoms with E-state index in [1.807, 2.05) is 0 Å². The van der Waals surface area contributed by atoms with Crippen molar-refractivity contribution in [3.8, 4) is 11.4 Å². The van der Waals surface area contributed by atoms with Gasteiger partial charge in [0.2, 0.25) is 11.7 Å². The first-order chi connectivity index (χ1) is 9.06. The second-order valence-corrected chi connectivity index (χ2v) is 5.51. The minimum atomic E-state index is 0.138. The van der Waals surface area contributed by atoms with Gasteiger partial charge < -0.3 is 10.3 Å². The highest BCUT2D eigenvalue weighted by Gasteiger charge is 2.17. The highest BCUT2D eigenvalue weighted by molar-refractivity contribution is 9.10. The first kappa shape index (κ1) is 14.2. The molecule has 0 saturated heterocycles. The van der Waals surface area contributed by atoms with Gasteiger partial charge in [-0.2, -0.15) is 4.98 Å². The van der Waals surface area contributed by atoms with E-state index in [2.05, 4.69) is 59.0 Å². The monoisotopic (exact) mass is 323 g/mol. The Kier molecular flexibility index (Phi) is 4.37. The minimum Gasteiger partial charge on any atom is -0.339 e. The molecule has 0 amide bonds. The van der Waals surface area contributed by atoms with Gasteiger partial charge in [0.05, 0.1) is 5.92 Å². The van der Waals surface area contributed by atoms with Crippen LogP contribution < -0.4 is 5.73 Å². The van der Waals surface area contributed by atoms with E-state index in [0.29, 0.717) is 18.3 Å². The van der Waals surface area contributed by atoms with Crippen LogP contribution in [0, 0.1) is 13.8 Å². The largest absolute Gasteiger partial charge is 0.339 e. The summed E-state index contributed by atoms with van der Waals surface area (Å²) in [5.41, 5.74) is 8.99. The number of aryl methyl sites for hydroxylation is 2. The summed E-state index contributed by atoms with van der Waals surface area (Å²) in [6.07, 6.45) is 0.899. The van der Waals surface area contributed by atoms with Crippen molar-refractivity contribution in [1.82, 2.24) is 10.1 Å². The van der Waals surface area contributed by atoms with Crippen LogP contribution in [0.4, 0.5) is 0 Å². The highest BCUT2D eigenvalue weighted by Crippen LogP contribution is 2.28. The Hall–Kier alpha value is -1.20. The van der Waals surface area contributed by atoms with E-state index in [0.717, 1.165) is 27.6 Å². The summed E-state index contributed by atoms with van der Waals surface area (Å²) in [5, 5.41) is 4.06. The molecule has 1 unspecified atom stereocenters. The van der Waals surface area contributed by atoms with E-state index >= 15 is 0 Å². The maximum absolute atomic E-state index is 5.70. The summed E-state index contributed by atoms with van der Waals surface area (Å²) >= 11 is 3.56. The van der Waals surface area contributed by atoms with Gasteiger partial charge in [0, 0.05) is 16.6 Å². The minimum absolute atomic E-state index is 0.138. The summed E-state index contributed by atoms with van der Waals surface area (Å²) in [7, 11) is 0.